The maximum absolute atomic E-state index is 6.00. The van der Waals surface area contributed by atoms with Gasteiger partial charge in [0, 0.05) is 41.2 Å². The highest BCUT2D eigenvalue weighted by Gasteiger charge is 2.27. The Balaban J connectivity index is 1.55. The molecule has 0 amide bonds. The number of ether oxygens (including phenoxy) is 1. The predicted molar refractivity (Wildman–Crippen MR) is 99.0 cm³/mol. The van der Waals surface area contributed by atoms with Crippen LogP contribution in [0.2, 0.25) is 0 Å². The molecule has 0 saturated carbocycles. The molecule has 1 fully saturated rings. The average Bonchev–Trinajstić information content (AvgIpc) is 3.25. The molecule has 0 radical (unpaired) electrons. The molecule has 122 valence electrons. The molecule has 0 aliphatic carbocycles. The Bertz CT molecular complexity index is 815. The van der Waals surface area contributed by atoms with Crippen molar-refractivity contribution in [2.24, 2.45) is 0 Å². The molecular formula is C20H19BrN2O. The summed E-state index contributed by atoms with van der Waals surface area (Å²) in [6.07, 6.45) is 4.29. The van der Waals surface area contributed by atoms with Gasteiger partial charge in [-0.1, -0.05) is 52.3 Å². The molecular weight excluding hydrogens is 364 g/mol. The van der Waals surface area contributed by atoms with Crippen molar-refractivity contribution in [1.29, 1.82) is 0 Å². The minimum absolute atomic E-state index is 0.0265. The molecule has 1 aliphatic rings. The topological polar surface area (TPSA) is 17.4 Å². The van der Waals surface area contributed by atoms with Crippen LogP contribution in [0.15, 0.2) is 77.5 Å². The molecule has 0 N–H and O–H groups in total. The number of nitrogens with zero attached hydrogens (tertiary/aromatic N) is 2. The molecule has 1 aliphatic heterocycles. The summed E-state index contributed by atoms with van der Waals surface area (Å²) < 4.78 is 9.22. The molecule has 1 aromatic heterocycles. The van der Waals surface area contributed by atoms with Crippen molar-refractivity contribution in [1.82, 2.24) is 9.47 Å². The van der Waals surface area contributed by atoms with E-state index in [2.05, 4.69) is 86.3 Å². The molecule has 24 heavy (non-hydrogen) atoms. The smallest absolute Gasteiger partial charge is 0.138 e. The standard InChI is InChI=1S/C20H19BrN2O/c21-18-7-4-8-19(13-18)22-10-9-17(15-22)20-23(11-12-24-20)14-16-5-2-1-3-6-16/h1-10,13,15,20H,11-12,14H2/t20-/m1/s1. The number of aromatic nitrogens is 1. The predicted octanol–water partition coefficient (Wildman–Crippen LogP) is 4.77. The first-order valence-corrected chi connectivity index (χ1v) is 8.92. The summed E-state index contributed by atoms with van der Waals surface area (Å²) in [5, 5.41) is 0. The van der Waals surface area contributed by atoms with Crippen LogP contribution in [-0.2, 0) is 11.3 Å². The second-order valence-corrected chi connectivity index (χ2v) is 6.93. The van der Waals surface area contributed by atoms with Gasteiger partial charge in [0.15, 0.2) is 0 Å². The van der Waals surface area contributed by atoms with Gasteiger partial charge in [-0.2, -0.15) is 0 Å². The summed E-state index contributed by atoms with van der Waals surface area (Å²) in [4.78, 5) is 2.38. The van der Waals surface area contributed by atoms with Gasteiger partial charge in [0.05, 0.1) is 6.61 Å². The van der Waals surface area contributed by atoms with Crippen LogP contribution in [0.5, 0.6) is 0 Å². The van der Waals surface area contributed by atoms with Gasteiger partial charge in [-0.15, -0.1) is 0 Å². The van der Waals surface area contributed by atoms with Gasteiger partial charge >= 0.3 is 0 Å². The molecule has 0 spiro atoms. The fourth-order valence-corrected chi connectivity index (χ4v) is 3.53. The second kappa shape index (κ2) is 6.93. The van der Waals surface area contributed by atoms with Crippen LogP contribution in [0.1, 0.15) is 17.4 Å². The van der Waals surface area contributed by atoms with E-state index < -0.39 is 0 Å². The first-order valence-electron chi connectivity index (χ1n) is 8.13. The van der Waals surface area contributed by atoms with Gasteiger partial charge in [0.2, 0.25) is 0 Å². The minimum Gasteiger partial charge on any atom is -0.357 e. The zero-order valence-corrected chi connectivity index (χ0v) is 14.9. The van der Waals surface area contributed by atoms with Gasteiger partial charge in [0.25, 0.3) is 0 Å². The fourth-order valence-electron chi connectivity index (χ4n) is 3.15. The van der Waals surface area contributed by atoms with Crippen molar-refractivity contribution in [3.8, 4) is 5.69 Å². The summed E-state index contributed by atoms with van der Waals surface area (Å²) in [5.74, 6) is 0. The molecule has 1 saturated heterocycles. The monoisotopic (exact) mass is 382 g/mol. The highest BCUT2D eigenvalue weighted by molar-refractivity contribution is 9.10. The maximum atomic E-state index is 6.00. The van der Waals surface area contributed by atoms with E-state index in [-0.39, 0.29) is 6.23 Å². The molecule has 3 aromatic rings. The number of hydrogen-bond acceptors (Lipinski definition) is 2. The van der Waals surface area contributed by atoms with E-state index in [1.165, 1.54) is 11.1 Å². The molecule has 0 unspecified atom stereocenters. The lowest BCUT2D eigenvalue weighted by Crippen LogP contribution is -2.23. The Hall–Kier alpha value is -1.88. The Morgan fingerprint density at radius 2 is 1.92 bits per heavy atom. The Labute approximate surface area is 150 Å². The second-order valence-electron chi connectivity index (χ2n) is 6.01. The number of rotatable bonds is 4. The fraction of sp³-hybridized carbons (Fsp3) is 0.200. The van der Waals surface area contributed by atoms with Gasteiger partial charge in [-0.3, -0.25) is 4.90 Å². The van der Waals surface area contributed by atoms with Crippen LogP contribution in [0.4, 0.5) is 0 Å². The first kappa shape index (κ1) is 15.6. The van der Waals surface area contributed by atoms with Gasteiger partial charge < -0.3 is 9.30 Å². The summed E-state index contributed by atoms with van der Waals surface area (Å²) in [7, 11) is 0. The van der Waals surface area contributed by atoms with E-state index in [1.54, 1.807) is 0 Å². The van der Waals surface area contributed by atoms with Crippen molar-refractivity contribution in [2.45, 2.75) is 12.8 Å². The quantitative estimate of drug-likeness (QED) is 0.646. The molecule has 2 heterocycles. The zero-order chi connectivity index (χ0) is 16.4. The van der Waals surface area contributed by atoms with E-state index in [1.807, 2.05) is 12.1 Å². The van der Waals surface area contributed by atoms with Crippen LogP contribution in [0.25, 0.3) is 5.69 Å². The van der Waals surface area contributed by atoms with E-state index >= 15 is 0 Å². The third-order valence-corrected chi connectivity index (χ3v) is 4.81. The average molecular weight is 383 g/mol. The van der Waals surface area contributed by atoms with Gasteiger partial charge in [-0.25, -0.2) is 0 Å². The van der Waals surface area contributed by atoms with E-state index in [0.29, 0.717) is 0 Å². The van der Waals surface area contributed by atoms with Crippen LogP contribution >= 0.6 is 15.9 Å². The number of hydrogen-bond donors (Lipinski definition) is 0. The lowest BCUT2D eigenvalue weighted by Gasteiger charge is -2.22. The van der Waals surface area contributed by atoms with Crippen LogP contribution in [-0.4, -0.2) is 22.6 Å². The Morgan fingerprint density at radius 1 is 1.04 bits per heavy atom. The number of benzene rings is 2. The van der Waals surface area contributed by atoms with Crippen molar-refractivity contribution < 1.29 is 4.74 Å². The van der Waals surface area contributed by atoms with E-state index in [9.17, 15) is 0 Å². The normalized spacial score (nSPS) is 18.1. The third kappa shape index (κ3) is 3.31. The Morgan fingerprint density at radius 3 is 2.75 bits per heavy atom. The molecule has 4 heteroatoms. The summed E-state index contributed by atoms with van der Waals surface area (Å²) in [6, 6.07) is 21.0. The van der Waals surface area contributed by atoms with Crippen molar-refractivity contribution >= 4 is 15.9 Å². The molecule has 0 bridgehead atoms. The molecule has 4 rings (SSSR count). The SMILES string of the molecule is Brc1cccc(-n2ccc([C@H]3OCCN3Cc3ccccc3)c2)c1. The van der Waals surface area contributed by atoms with E-state index in [0.717, 1.165) is 29.9 Å². The summed E-state index contributed by atoms with van der Waals surface area (Å²) >= 11 is 3.53. The zero-order valence-electron chi connectivity index (χ0n) is 13.3. The maximum Gasteiger partial charge on any atom is 0.138 e. The van der Waals surface area contributed by atoms with Crippen molar-refractivity contribution in [3.63, 3.8) is 0 Å². The summed E-state index contributed by atoms with van der Waals surface area (Å²) in [6.45, 7) is 2.65. The number of halogens is 1. The molecule has 2 aromatic carbocycles. The van der Waals surface area contributed by atoms with Crippen LogP contribution in [0.3, 0.4) is 0 Å². The van der Waals surface area contributed by atoms with Crippen molar-refractivity contribution in [2.75, 3.05) is 13.2 Å². The molecule has 1 atom stereocenters. The van der Waals surface area contributed by atoms with Crippen molar-refractivity contribution in [3.05, 3.63) is 88.7 Å². The highest BCUT2D eigenvalue weighted by Crippen LogP contribution is 2.29. The van der Waals surface area contributed by atoms with Crippen LogP contribution < -0.4 is 0 Å². The highest BCUT2D eigenvalue weighted by atomic mass is 79.9. The summed E-state index contributed by atoms with van der Waals surface area (Å²) in [5.41, 5.74) is 3.66. The lowest BCUT2D eigenvalue weighted by molar-refractivity contribution is 0.0288. The Kier molecular flexibility index (Phi) is 4.52. The van der Waals surface area contributed by atoms with Gasteiger partial charge in [-0.05, 0) is 29.8 Å². The minimum atomic E-state index is 0.0265. The largest absolute Gasteiger partial charge is 0.357 e. The third-order valence-electron chi connectivity index (χ3n) is 4.32. The van der Waals surface area contributed by atoms with Gasteiger partial charge in [0.1, 0.15) is 6.23 Å². The first-order chi connectivity index (χ1) is 11.8. The van der Waals surface area contributed by atoms with E-state index in [4.69, 9.17) is 4.74 Å². The lowest BCUT2D eigenvalue weighted by atomic mass is 10.2. The molecule has 3 nitrogen and oxygen atoms in total. The van der Waals surface area contributed by atoms with Crippen LogP contribution in [0, 0.1) is 0 Å².